The fraction of sp³-hybridized carbons (Fsp3) is 0.467. The van der Waals surface area contributed by atoms with Crippen LogP contribution < -0.4 is 16.6 Å². The molecule has 0 heterocycles. The van der Waals surface area contributed by atoms with E-state index in [-0.39, 0.29) is 11.0 Å². The Labute approximate surface area is 124 Å². The average molecular weight is 289 g/mol. The molecule has 0 aliphatic heterocycles. The van der Waals surface area contributed by atoms with Crippen molar-refractivity contribution >= 4 is 23.2 Å². The Morgan fingerprint density at radius 3 is 2.25 bits per heavy atom. The molecule has 0 saturated carbocycles. The maximum Gasteiger partial charge on any atom is 0.242 e. The normalized spacial score (nSPS) is 15.6. The van der Waals surface area contributed by atoms with Crippen LogP contribution in [-0.2, 0) is 36.9 Å². The van der Waals surface area contributed by atoms with Crippen LogP contribution in [0.4, 0.5) is 0 Å². The first kappa shape index (κ1) is 13.4. The SMILES string of the molecule is NC(=S)NNC(=O)Cc1c2c(cc3c1CCC3)CCC2. The van der Waals surface area contributed by atoms with Gasteiger partial charge in [0.05, 0.1) is 6.42 Å². The molecule has 2 aliphatic carbocycles. The molecule has 20 heavy (non-hydrogen) atoms. The number of amides is 1. The third-order valence-electron chi connectivity index (χ3n) is 4.26. The fourth-order valence-electron chi connectivity index (χ4n) is 3.48. The Morgan fingerprint density at radius 2 is 1.70 bits per heavy atom. The molecular weight excluding hydrogens is 270 g/mol. The van der Waals surface area contributed by atoms with Crippen molar-refractivity contribution in [1.29, 1.82) is 0 Å². The summed E-state index contributed by atoms with van der Waals surface area (Å²) >= 11 is 4.69. The lowest BCUT2D eigenvalue weighted by molar-refractivity contribution is -0.121. The maximum atomic E-state index is 12.0. The lowest BCUT2D eigenvalue weighted by Crippen LogP contribution is -2.45. The molecule has 1 aromatic rings. The molecule has 0 radical (unpaired) electrons. The van der Waals surface area contributed by atoms with Crippen molar-refractivity contribution in [3.05, 3.63) is 33.9 Å². The molecule has 1 amide bonds. The van der Waals surface area contributed by atoms with E-state index in [1.165, 1.54) is 40.7 Å². The van der Waals surface area contributed by atoms with Gasteiger partial charge in [0, 0.05) is 0 Å². The van der Waals surface area contributed by atoms with Crippen LogP contribution in [0.25, 0.3) is 0 Å². The van der Waals surface area contributed by atoms with Crippen LogP contribution in [0.2, 0.25) is 0 Å². The van der Waals surface area contributed by atoms with Crippen molar-refractivity contribution < 1.29 is 4.79 Å². The van der Waals surface area contributed by atoms with Gasteiger partial charge in [0.25, 0.3) is 0 Å². The molecule has 0 fully saturated rings. The minimum absolute atomic E-state index is 0.0767. The van der Waals surface area contributed by atoms with Crippen LogP contribution >= 0.6 is 12.2 Å². The van der Waals surface area contributed by atoms with E-state index >= 15 is 0 Å². The van der Waals surface area contributed by atoms with Gasteiger partial charge < -0.3 is 5.73 Å². The number of nitrogens with one attached hydrogen (secondary N) is 2. The monoisotopic (exact) mass is 289 g/mol. The molecule has 4 N–H and O–H groups in total. The summed E-state index contributed by atoms with van der Waals surface area (Å²) in [6.45, 7) is 0. The van der Waals surface area contributed by atoms with Gasteiger partial charge in [0.15, 0.2) is 5.11 Å². The van der Waals surface area contributed by atoms with Crippen LogP contribution in [0.15, 0.2) is 6.07 Å². The number of carbonyl (C=O) groups is 1. The number of nitrogens with two attached hydrogens (primary N) is 1. The zero-order valence-corrected chi connectivity index (χ0v) is 12.2. The lowest BCUT2D eigenvalue weighted by Gasteiger charge is -2.15. The molecular formula is C15H19N3OS. The Balaban J connectivity index is 1.85. The van der Waals surface area contributed by atoms with Crippen molar-refractivity contribution in [2.45, 2.75) is 44.9 Å². The number of benzene rings is 1. The standard InChI is InChI=1S/C15H19N3OS/c16-15(20)18-17-14(19)8-13-11-5-1-3-9(11)7-10-4-2-6-12(10)13/h7H,1-6,8H2,(H,17,19)(H3,16,18,20). The highest BCUT2D eigenvalue weighted by molar-refractivity contribution is 7.80. The third kappa shape index (κ3) is 2.50. The predicted octanol–water partition coefficient (Wildman–Crippen LogP) is 1.07. The highest BCUT2D eigenvalue weighted by Crippen LogP contribution is 2.35. The van der Waals surface area contributed by atoms with Crippen LogP contribution in [0.3, 0.4) is 0 Å². The number of hydrazine groups is 1. The highest BCUT2D eigenvalue weighted by Gasteiger charge is 2.24. The molecule has 1 aromatic carbocycles. The summed E-state index contributed by atoms with van der Waals surface area (Å²) in [7, 11) is 0. The summed E-state index contributed by atoms with van der Waals surface area (Å²) in [4.78, 5) is 12.0. The Hall–Kier alpha value is -1.62. The van der Waals surface area contributed by atoms with Crippen LogP contribution in [0, 0.1) is 0 Å². The smallest absolute Gasteiger partial charge is 0.242 e. The summed E-state index contributed by atoms with van der Waals surface area (Å²) in [5, 5.41) is 0.0851. The fourth-order valence-corrected chi connectivity index (χ4v) is 3.54. The Kier molecular flexibility index (Phi) is 3.61. The molecule has 4 nitrogen and oxygen atoms in total. The van der Waals surface area contributed by atoms with Gasteiger partial charge in [-0.3, -0.25) is 15.6 Å². The van der Waals surface area contributed by atoms with E-state index in [9.17, 15) is 4.79 Å². The summed E-state index contributed by atoms with van der Waals surface area (Å²) in [6.07, 6.45) is 7.35. The zero-order valence-electron chi connectivity index (χ0n) is 11.4. The first-order valence-corrected chi connectivity index (χ1v) is 7.55. The van der Waals surface area contributed by atoms with Crippen molar-refractivity contribution in [2.75, 3.05) is 0 Å². The van der Waals surface area contributed by atoms with Gasteiger partial charge >= 0.3 is 0 Å². The lowest BCUT2D eigenvalue weighted by atomic mass is 9.92. The van der Waals surface area contributed by atoms with E-state index in [1.807, 2.05) is 0 Å². The molecule has 0 unspecified atom stereocenters. The molecule has 5 heteroatoms. The zero-order chi connectivity index (χ0) is 14.1. The van der Waals surface area contributed by atoms with Crippen LogP contribution in [-0.4, -0.2) is 11.0 Å². The van der Waals surface area contributed by atoms with E-state index in [1.54, 1.807) is 0 Å². The van der Waals surface area contributed by atoms with Gasteiger partial charge in [-0.2, -0.15) is 0 Å². The quantitative estimate of drug-likeness (QED) is 0.563. The number of carbonyl (C=O) groups excluding carboxylic acids is 1. The van der Waals surface area contributed by atoms with E-state index in [2.05, 4.69) is 29.1 Å². The first-order chi connectivity index (χ1) is 9.65. The number of rotatable bonds is 2. The molecule has 0 atom stereocenters. The van der Waals surface area contributed by atoms with E-state index < -0.39 is 0 Å². The second-order valence-electron chi connectivity index (χ2n) is 5.55. The second kappa shape index (κ2) is 5.40. The number of hydrogen-bond donors (Lipinski definition) is 3. The number of hydrogen-bond acceptors (Lipinski definition) is 2. The second-order valence-corrected chi connectivity index (χ2v) is 5.99. The molecule has 0 saturated heterocycles. The van der Waals surface area contributed by atoms with Gasteiger partial charge in [-0.25, -0.2) is 0 Å². The number of thiocarbonyl (C=S) groups is 1. The van der Waals surface area contributed by atoms with E-state index in [4.69, 9.17) is 5.73 Å². The molecule has 2 aliphatic rings. The summed E-state index contributed by atoms with van der Waals surface area (Å²) in [6, 6.07) is 2.37. The van der Waals surface area contributed by atoms with Gasteiger partial charge in [-0.1, -0.05) is 6.07 Å². The highest BCUT2D eigenvalue weighted by atomic mass is 32.1. The summed E-state index contributed by atoms with van der Waals surface area (Å²) in [5.41, 5.74) is 17.4. The minimum atomic E-state index is -0.0767. The predicted molar refractivity (Wildman–Crippen MR) is 82.3 cm³/mol. The van der Waals surface area contributed by atoms with Crippen LogP contribution in [0.1, 0.15) is 40.7 Å². The van der Waals surface area contributed by atoms with Crippen molar-refractivity contribution in [3.8, 4) is 0 Å². The Morgan fingerprint density at radius 1 is 1.10 bits per heavy atom. The van der Waals surface area contributed by atoms with E-state index in [0.29, 0.717) is 6.42 Å². The van der Waals surface area contributed by atoms with Gasteiger partial charge in [0.1, 0.15) is 0 Å². The molecule has 0 bridgehead atoms. The van der Waals surface area contributed by atoms with Crippen LogP contribution in [0.5, 0.6) is 0 Å². The van der Waals surface area contributed by atoms with Gasteiger partial charge in [-0.15, -0.1) is 0 Å². The average Bonchev–Trinajstić information content (AvgIpc) is 3.04. The van der Waals surface area contributed by atoms with Crippen molar-refractivity contribution in [1.82, 2.24) is 10.9 Å². The van der Waals surface area contributed by atoms with E-state index in [0.717, 1.165) is 25.7 Å². The molecule has 106 valence electrons. The Bertz CT molecular complexity index is 551. The van der Waals surface area contributed by atoms with Crippen molar-refractivity contribution in [3.63, 3.8) is 0 Å². The minimum Gasteiger partial charge on any atom is -0.375 e. The molecule has 3 rings (SSSR count). The number of fused-ring (bicyclic) bond motifs is 2. The largest absolute Gasteiger partial charge is 0.375 e. The summed E-state index contributed by atoms with van der Waals surface area (Å²) in [5.74, 6) is -0.0767. The third-order valence-corrected chi connectivity index (χ3v) is 4.36. The van der Waals surface area contributed by atoms with Crippen molar-refractivity contribution in [2.24, 2.45) is 5.73 Å². The topological polar surface area (TPSA) is 67.2 Å². The van der Waals surface area contributed by atoms with Gasteiger partial charge in [-0.05, 0) is 78.6 Å². The number of aryl methyl sites for hydroxylation is 2. The maximum absolute atomic E-state index is 12.0. The molecule has 0 spiro atoms. The molecule has 0 aromatic heterocycles. The first-order valence-electron chi connectivity index (χ1n) is 7.15. The summed E-state index contributed by atoms with van der Waals surface area (Å²) < 4.78 is 0. The van der Waals surface area contributed by atoms with Gasteiger partial charge in [0.2, 0.25) is 5.91 Å².